The molecule has 0 radical (unpaired) electrons. The van der Waals surface area contributed by atoms with Crippen molar-refractivity contribution in [3.05, 3.63) is 53.9 Å². The van der Waals surface area contributed by atoms with E-state index in [-0.39, 0.29) is 5.91 Å². The molecule has 2 rings (SSSR count). The third kappa shape index (κ3) is 6.04. The lowest BCUT2D eigenvalue weighted by Crippen LogP contribution is -2.32. The summed E-state index contributed by atoms with van der Waals surface area (Å²) in [5.74, 6) is 0.293. The van der Waals surface area contributed by atoms with Gasteiger partial charge in [0.2, 0.25) is 5.95 Å². The van der Waals surface area contributed by atoms with E-state index in [0.29, 0.717) is 18.2 Å². The first-order valence-electron chi connectivity index (χ1n) is 7.69. The molecule has 0 fully saturated rings. The monoisotopic (exact) mass is 313 g/mol. The second-order valence-corrected chi connectivity index (χ2v) is 5.49. The first-order chi connectivity index (χ1) is 11.1. The summed E-state index contributed by atoms with van der Waals surface area (Å²) in [7, 11) is 3.93. The molecule has 0 aliphatic heterocycles. The Morgan fingerprint density at radius 2 is 1.91 bits per heavy atom. The van der Waals surface area contributed by atoms with Crippen LogP contribution in [0.1, 0.15) is 16.1 Å². The first kappa shape index (κ1) is 16.9. The van der Waals surface area contributed by atoms with Crippen molar-refractivity contribution in [3.8, 4) is 0 Å². The van der Waals surface area contributed by atoms with Crippen LogP contribution in [-0.2, 0) is 6.42 Å². The fraction of sp³-hybridized carbons (Fsp3) is 0.353. The topological polar surface area (TPSA) is 70.2 Å². The molecule has 0 spiro atoms. The highest BCUT2D eigenvalue weighted by Crippen LogP contribution is 2.03. The standard InChI is InChI=1S/C17H23N5O/c1-22(2)13-12-18-16(23)15-9-11-20-17(21-15)19-10-8-14-6-4-3-5-7-14/h3-7,9,11H,8,10,12-13H2,1-2H3,(H,18,23)(H,19,20,21). The number of aromatic nitrogens is 2. The predicted octanol–water partition coefficient (Wildman–Crippen LogP) is 1.42. The summed E-state index contributed by atoms with van der Waals surface area (Å²) in [4.78, 5) is 22.4. The van der Waals surface area contributed by atoms with Crippen molar-refractivity contribution < 1.29 is 4.79 Å². The van der Waals surface area contributed by atoms with E-state index >= 15 is 0 Å². The van der Waals surface area contributed by atoms with E-state index < -0.39 is 0 Å². The number of likely N-dealkylation sites (N-methyl/N-ethyl adjacent to an activating group) is 1. The van der Waals surface area contributed by atoms with Gasteiger partial charge in [0.1, 0.15) is 5.69 Å². The van der Waals surface area contributed by atoms with Gasteiger partial charge in [-0.25, -0.2) is 9.97 Å². The second-order valence-electron chi connectivity index (χ2n) is 5.49. The van der Waals surface area contributed by atoms with E-state index in [2.05, 4.69) is 32.7 Å². The summed E-state index contributed by atoms with van der Waals surface area (Å²) >= 11 is 0. The minimum Gasteiger partial charge on any atom is -0.354 e. The molecule has 1 aromatic heterocycles. The quantitative estimate of drug-likeness (QED) is 0.771. The molecule has 23 heavy (non-hydrogen) atoms. The van der Waals surface area contributed by atoms with Crippen LogP contribution in [0.4, 0.5) is 5.95 Å². The summed E-state index contributed by atoms with van der Waals surface area (Å²) in [6, 6.07) is 11.8. The van der Waals surface area contributed by atoms with Crippen molar-refractivity contribution in [3.63, 3.8) is 0 Å². The van der Waals surface area contributed by atoms with E-state index in [1.807, 2.05) is 37.2 Å². The molecule has 0 unspecified atom stereocenters. The van der Waals surface area contributed by atoms with Gasteiger partial charge >= 0.3 is 0 Å². The van der Waals surface area contributed by atoms with Crippen LogP contribution >= 0.6 is 0 Å². The molecule has 122 valence electrons. The number of amides is 1. The average molecular weight is 313 g/mol. The zero-order chi connectivity index (χ0) is 16.5. The van der Waals surface area contributed by atoms with Gasteiger partial charge in [-0.2, -0.15) is 0 Å². The van der Waals surface area contributed by atoms with E-state index in [9.17, 15) is 4.79 Å². The third-order valence-corrected chi connectivity index (χ3v) is 3.27. The van der Waals surface area contributed by atoms with Crippen molar-refractivity contribution in [2.45, 2.75) is 6.42 Å². The molecule has 2 aromatic rings. The smallest absolute Gasteiger partial charge is 0.270 e. The number of hydrogen-bond donors (Lipinski definition) is 2. The molecule has 0 atom stereocenters. The van der Waals surface area contributed by atoms with Gasteiger partial charge in [0.05, 0.1) is 0 Å². The van der Waals surface area contributed by atoms with E-state index in [1.165, 1.54) is 5.56 Å². The average Bonchev–Trinajstić information content (AvgIpc) is 2.56. The number of nitrogens with one attached hydrogen (secondary N) is 2. The van der Waals surface area contributed by atoms with Gasteiger partial charge in [-0.1, -0.05) is 30.3 Å². The third-order valence-electron chi connectivity index (χ3n) is 3.27. The molecular weight excluding hydrogens is 290 g/mol. The summed E-state index contributed by atoms with van der Waals surface area (Å²) in [6.45, 7) is 2.10. The van der Waals surface area contributed by atoms with E-state index in [4.69, 9.17) is 0 Å². The highest BCUT2D eigenvalue weighted by atomic mass is 16.1. The number of rotatable bonds is 8. The lowest BCUT2D eigenvalue weighted by molar-refractivity contribution is 0.0946. The first-order valence-corrected chi connectivity index (χ1v) is 7.69. The highest BCUT2D eigenvalue weighted by Gasteiger charge is 2.08. The van der Waals surface area contributed by atoms with Crippen LogP contribution in [0.15, 0.2) is 42.6 Å². The lowest BCUT2D eigenvalue weighted by atomic mass is 10.1. The predicted molar refractivity (Wildman–Crippen MR) is 91.6 cm³/mol. The molecular formula is C17H23N5O. The summed E-state index contributed by atoms with van der Waals surface area (Å²) in [5.41, 5.74) is 1.62. The van der Waals surface area contributed by atoms with E-state index in [0.717, 1.165) is 19.5 Å². The van der Waals surface area contributed by atoms with Crippen molar-refractivity contribution in [1.82, 2.24) is 20.2 Å². The van der Waals surface area contributed by atoms with Crippen LogP contribution in [-0.4, -0.2) is 54.5 Å². The number of anilines is 1. The molecule has 0 aliphatic carbocycles. The van der Waals surface area contributed by atoms with Gasteiger partial charge in [-0.05, 0) is 32.1 Å². The van der Waals surface area contributed by atoms with Crippen LogP contribution in [0.5, 0.6) is 0 Å². The highest BCUT2D eigenvalue weighted by molar-refractivity contribution is 5.92. The summed E-state index contributed by atoms with van der Waals surface area (Å²) in [5, 5.41) is 5.99. The minimum absolute atomic E-state index is 0.180. The van der Waals surface area contributed by atoms with Gasteiger partial charge < -0.3 is 15.5 Å². The van der Waals surface area contributed by atoms with Gasteiger partial charge in [0.25, 0.3) is 5.91 Å². The fourth-order valence-corrected chi connectivity index (χ4v) is 2.02. The van der Waals surface area contributed by atoms with Crippen LogP contribution in [0, 0.1) is 0 Å². The van der Waals surface area contributed by atoms with Crippen LogP contribution in [0.25, 0.3) is 0 Å². The Morgan fingerprint density at radius 1 is 1.13 bits per heavy atom. The maximum atomic E-state index is 12.0. The summed E-state index contributed by atoms with van der Waals surface area (Å²) < 4.78 is 0. The maximum absolute atomic E-state index is 12.0. The molecule has 6 nitrogen and oxygen atoms in total. The number of hydrogen-bond acceptors (Lipinski definition) is 5. The van der Waals surface area contributed by atoms with Gasteiger partial charge in [0, 0.05) is 25.8 Å². The SMILES string of the molecule is CN(C)CCNC(=O)c1ccnc(NCCc2ccccc2)n1. The normalized spacial score (nSPS) is 10.6. The minimum atomic E-state index is -0.180. The number of carbonyl (C=O) groups is 1. The Bertz CT molecular complexity index is 615. The van der Waals surface area contributed by atoms with Crippen LogP contribution in [0.2, 0.25) is 0 Å². The number of carbonyl (C=O) groups excluding carboxylic acids is 1. The Balaban J connectivity index is 1.83. The Kier molecular flexibility index (Phi) is 6.50. The Labute approximate surface area is 137 Å². The maximum Gasteiger partial charge on any atom is 0.270 e. The number of benzene rings is 1. The molecule has 1 heterocycles. The lowest BCUT2D eigenvalue weighted by Gasteiger charge is -2.10. The Morgan fingerprint density at radius 3 is 2.65 bits per heavy atom. The van der Waals surface area contributed by atoms with Crippen molar-refractivity contribution in [2.24, 2.45) is 0 Å². The molecule has 6 heteroatoms. The van der Waals surface area contributed by atoms with Crippen molar-refractivity contribution in [2.75, 3.05) is 39.0 Å². The fourth-order valence-electron chi connectivity index (χ4n) is 2.02. The molecule has 0 aliphatic rings. The van der Waals surface area contributed by atoms with Gasteiger partial charge in [-0.15, -0.1) is 0 Å². The molecule has 0 saturated heterocycles. The van der Waals surface area contributed by atoms with Gasteiger partial charge in [-0.3, -0.25) is 4.79 Å². The van der Waals surface area contributed by atoms with Crippen molar-refractivity contribution in [1.29, 1.82) is 0 Å². The van der Waals surface area contributed by atoms with E-state index in [1.54, 1.807) is 12.3 Å². The molecule has 2 N–H and O–H groups in total. The zero-order valence-electron chi connectivity index (χ0n) is 13.6. The molecule has 1 aromatic carbocycles. The van der Waals surface area contributed by atoms with Crippen LogP contribution < -0.4 is 10.6 Å². The Hall–Kier alpha value is -2.47. The zero-order valence-corrected chi connectivity index (χ0v) is 13.6. The molecule has 0 bridgehead atoms. The van der Waals surface area contributed by atoms with Gasteiger partial charge in [0.15, 0.2) is 0 Å². The second kappa shape index (κ2) is 8.85. The number of nitrogens with zero attached hydrogens (tertiary/aromatic N) is 3. The van der Waals surface area contributed by atoms with Crippen molar-refractivity contribution >= 4 is 11.9 Å². The largest absolute Gasteiger partial charge is 0.354 e. The summed E-state index contributed by atoms with van der Waals surface area (Å²) in [6.07, 6.45) is 2.47. The van der Waals surface area contributed by atoms with Crippen LogP contribution in [0.3, 0.4) is 0 Å². The molecule has 1 amide bonds. The molecule has 0 saturated carbocycles.